The van der Waals surface area contributed by atoms with Crippen molar-refractivity contribution in [3.63, 3.8) is 0 Å². The highest BCUT2D eigenvalue weighted by molar-refractivity contribution is 6.31. The van der Waals surface area contributed by atoms with E-state index in [1.54, 1.807) is 42.5 Å². The van der Waals surface area contributed by atoms with Gasteiger partial charge in [0.15, 0.2) is 5.84 Å². The minimum absolute atomic E-state index is 0.0661. The number of halogens is 1. The van der Waals surface area contributed by atoms with Crippen LogP contribution in [0.25, 0.3) is 0 Å². The van der Waals surface area contributed by atoms with Crippen molar-refractivity contribution >= 4 is 29.0 Å². The van der Waals surface area contributed by atoms with Crippen molar-refractivity contribution in [3.05, 3.63) is 64.7 Å². The Hall–Kier alpha value is -2.53. The Kier molecular flexibility index (Phi) is 4.79. The normalized spacial score (nSPS) is 11.2. The van der Waals surface area contributed by atoms with Gasteiger partial charge in [0.1, 0.15) is 0 Å². The first-order valence-electron chi connectivity index (χ1n) is 6.22. The van der Waals surface area contributed by atoms with Crippen LogP contribution in [0.15, 0.2) is 53.7 Å². The Labute approximate surface area is 127 Å². The molecule has 0 radical (unpaired) electrons. The van der Waals surface area contributed by atoms with Crippen molar-refractivity contribution in [1.82, 2.24) is 0 Å². The molecule has 2 aromatic carbocycles. The molecule has 108 valence electrons. The quantitative estimate of drug-likeness (QED) is 0.351. The van der Waals surface area contributed by atoms with Crippen LogP contribution in [0, 0.1) is 0 Å². The first kappa shape index (κ1) is 14.9. The molecule has 0 saturated heterocycles. The Balaban J connectivity index is 2.16. The molecule has 0 fully saturated rings. The summed E-state index contributed by atoms with van der Waals surface area (Å²) < 4.78 is 0. The summed E-state index contributed by atoms with van der Waals surface area (Å²) in [5.74, 6) is -0.301. The Morgan fingerprint density at radius 2 is 1.86 bits per heavy atom. The Morgan fingerprint density at radius 3 is 2.57 bits per heavy atom. The summed E-state index contributed by atoms with van der Waals surface area (Å²) in [7, 11) is 0. The van der Waals surface area contributed by atoms with E-state index in [0.717, 1.165) is 5.56 Å². The van der Waals surface area contributed by atoms with Crippen molar-refractivity contribution < 1.29 is 10.0 Å². The molecule has 0 bridgehead atoms. The number of hydrogen-bond donors (Lipinski definition) is 3. The van der Waals surface area contributed by atoms with Gasteiger partial charge >= 0.3 is 0 Å². The van der Waals surface area contributed by atoms with Crippen LogP contribution < -0.4 is 11.1 Å². The molecule has 0 aromatic heterocycles. The minimum Gasteiger partial charge on any atom is -0.409 e. The summed E-state index contributed by atoms with van der Waals surface area (Å²) in [6, 6.07) is 14.0. The number of nitrogens with zero attached hydrogens (tertiary/aromatic N) is 1. The second kappa shape index (κ2) is 6.76. The molecule has 2 rings (SSSR count). The van der Waals surface area contributed by atoms with E-state index in [0.29, 0.717) is 16.3 Å². The maximum Gasteiger partial charge on any atom is 0.228 e. The van der Waals surface area contributed by atoms with Gasteiger partial charge in [0.25, 0.3) is 0 Å². The van der Waals surface area contributed by atoms with Crippen molar-refractivity contribution in [2.24, 2.45) is 10.9 Å². The zero-order valence-electron chi connectivity index (χ0n) is 11.1. The molecule has 0 atom stereocenters. The van der Waals surface area contributed by atoms with Gasteiger partial charge in [-0.3, -0.25) is 4.79 Å². The molecular weight excluding hydrogens is 290 g/mol. The van der Waals surface area contributed by atoms with Gasteiger partial charge in [-0.15, -0.1) is 0 Å². The van der Waals surface area contributed by atoms with Crippen LogP contribution in [0.2, 0.25) is 5.02 Å². The van der Waals surface area contributed by atoms with Gasteiger partial charge in [-0.25, -0.2) is 0 Å². The van der Waals surface area contributed by atoms with Crippen molar-refractivity contribution in [2.45, 2.75) is 6.42 Å². The fraction of sp³-hybridized carbons (Fsp3) is 0.0667. The summed E-state index contributed by atoms with van der Waals surface area (Å²) >= 11 is 6.02. The molecule has 4 N–H and O–H groups in total. The number of rotatable bonds is 4. The largest absolute Gasteiger partial charge is 0.409 e. The van der Waals surface area contributed by atoms with Crippen LogP contribution in [0.3, 0.4) is 0 Å². The van der Waals surface area contributed by atoms with E-state index in [1.165, 1.54) is 0 Å². The average molecular weight is 304 g/mol. The van der Waals surface area contributed by atoms with Crippen LogP contribution >= 0.6 is 11.6 Å². The summed E-state index contributed by atoms with van der Waals surface area (Å²) in [6.07, 6.45) is 0.143. The monoisotopic (exact) mass is 303 g/mol. The summed E-state index contributed by atoms with van der Waals surface area (Å²) in [6.45, 7) is 0. The third-order valence-corrected chi connectivity index (χ3v) is 3.26. The first-order chi connectivity index (χ1) is 10.1. The van der Waals surface area contributed by atoms with E-state index in [-0.39, 0.29) is 18.2 Å². The Morgan fingerprint density at radius 1 is 1.19 bits per heavy atom. The van der Waals surface area contributed by atoms with Gasteiger partial charge in [0, 0.05) is 10.6 Å². The van der Waals surface area contributed by atoms with Gasteiger partial charge in [0.2, 0.25) is 5.91 Å². The van der Waals surface area contributed by atoms with Gasteiger partial charge in [-0.2, -0.15) is 0 Å². The highest BCUT2D eigenvalue weighted by Gasteiger charge is 2.11. The van der Waals surface area contributed by atoms with Crippen LogP contribution in [0.1, 0.15) is 11.1 Å². The van der Waals surface area contributed by atoms with E-state index in [2.05, 4.69) is 10.5 Å². The van der Waals surface area contributed by atoms with Gasteiger partial charge in [-0.1, -0.05) is 47.1 Å². The van der Waals surface area contributed by atoms with Crippen LogP contribution in [0.5, 0.6) is 0 Å². The molecule has 0 spiro atoms. The third kappa shape index (κ3) is 3.73. The van der Waals surface area contributed by atoms with Gasteiger partial charge < -0.3 is 16.3 Å². The molecule has 5 nitrogen and oxygen atoms in total. The SMILES string of the molecule is N/C(=N/O)c1ccccc1NC(=O)Cc1ccccc1Cl. The molecule has 1 amide bonds. The van der Waals surface area contributed by atoms with Gasteiger partial charge in [-0.05, 0) is 23.8 Å². The number of hydrogen-bond acceptors (Lipinski definition) is 3. The maximum absolute atomic E-state index is 12.1. The number of para-hydroxylation sites is 1. The van der Waals surface area contributed by atoms with E-state index in [1.807, 2.05) is 6.07 Å². The highest BCUT2D eigenvalue weighted by Crippen LogP contribution is 2.18. The smallest absolute Gasteiger partial charge is 0.228 e. The van der Waals surface area contributed by atoms with Crippen LogP contribution in [-0.2, 0) is 11.2 Å². The Bertz CT molecular complexity index is 686. The molecule has 0 aliphatic rings. The molecule has 0 aliphatic carbocycles. The number of anilines is 1. The second-order valence-electron chi connectivity index (χ2n) is 4.35. The zero-order valence-corrected chi connectivity index (χ0v) is 11.8. The number of benzene rings is 2. The number of carbonyl (C=O) groups is 1. The predicted octanol–water partition coefficient (Wildman–Crippen LogP) is 2.62. The molecule has 6 heteroatoms. The molecule has 0 unspecified atom stereocenters. The molecule has 0 saturated carbocycles. The second-order valence-corrected chi connectivity index (χ2v) is 4.75. The third-order valence-electron chi connectivity index (χ3n) is 2.89. The lowest BCUT2D eigenvalue weighted by atomic mass is 10.1. The maximum atomic E-state index is 12.1. The predicted molar refractivity (Wildman–Crippen MR) is 82.7 cm³/mol. The van der Waals surface area contributed by atoms with Crippen LogP contribution in [-0.4, -0.2) is 17.0 Å². The first-order valence-corrected chi connectivity index (χ1v) is 6.60. The standard InChI is InChI=1S/C15H14ClN3O2/c16-12-7-3-1-5-10(12)9-14(20)18-13-8-4-2-6-11(13)15(17)19-21/h1-8,21H,9H2,(H2,17,19)(H,18,20). The number of nitrogens with one attached hydrogen (secondary N) is 1. The highest BCUT2D eigenvalue weighted by atomic mass is 35.5. The molecule has 2 aromatic rings. The molecular formula is C15H14ClN3O2. The topological polar surface area (TPSA) is 87.7 Å². The van der Waals surface area contributed by atoms with E-state index in [4.69, 9.17) is 22.5 Å². The average Bonchev–Trinajstić information content (AvgIpc) is 2.49. The fourth-order valence-electron chi connectivity index (χ4n) is 1.88. The van der Waals surface area contributed by atoms with Crippen molar-refractivity contribution in [3.8, 4) is 0 Å². The lowest BCUT2D eigenvalue weighted by Gasteiger charge is -2.10. The summed E-state index contributed by atoms with van der Waals surface area (Å²) in [4.78, 5) is 12.1. The van der Waals surface area contributed by atoms with Crippen LogP contribution in [0.4, 0.5) is 5.69 Å². The minimum atomic E-state index is -0.235. The molecule has 0 heterocycles. The number of amides is 1. The molecule has 0 aliphatic heterocycles. The number of nitrogens with two attached hydrogens (primary N) is 1. The molecule has 21 heavy (non-hydrogen) atoms. The lowest BCUT2D eigenvalue weighted by Crippen LogP contribution is -2.20. The van der Waals surface area contributed by atoms with E-state index >= 15 is 0 Å². The number of oxime groups is 1. The number of carbonyl (C=O) groups excluding carboxylic acids is 1. The fourth-order valence-corrected chi connectivity index (χ4v) is 2.08. The summed E-state index contributed by atoms with van der Waals surface area (Å²) in [5.41, 5.74) is 7.24. The number of amidine groups is 1. The zero-order chi connectivity index (χ0) is 15.2. The lowest BCUT2D eigenvalue weighted by molar-refractivity contribution is -0.115. The van der Waals surface area contributed by atoms with E-state index < -0.39 is 0 Å². The summed E-state index contributed by atoms with van der Waals surface area (Å²) in [5, 5.41) is 15.0. The van der Waals surface area contributed by atoms with Gasteiger partial charge in [0.05, 0.1) is 12.1 Å². The van der Waals surface area contributed by atoms with Crippen molar-refractivity contribution in [1.29, 1.82) is 0 Å². The van der Waals surface area contributed by atoms with E-state index in [9.17, 15) is 4.79 Å². The van der Waals surface area contributed by atoms with Crippen molar-refractivity contribution in [2.75, 3.05) is 5.32 Å².